The van der Waals surface area contributed by atoms with Gasteiger partial charge in [-0.3, -0.25) is 0 Å². The third-order valence-electron chi connectivity index (χ3n) is 3.73. The van der Waals surface area contributed by atoms with Crippen LogP contribution in [0.4, 0.5) is 16.2 Å². The standard InChI is InChI=1S/C18H20N4O4S/c1-18(2,3)16-22-14-10-12(6-9-15(14)26-16)21-17(23)20-11-4-7-13(8-5-11)27(19,24)25/h4-10H,1-3H3,(H2,19,24,25)(H2,20,21,23). The van der Waals surface area contributed by atoms with E-state index >= 15 is 0 Å². The molecule has 3 rings (SSSR count). The molecule has 3 aromatic rings. The number of rotatable bonds is 3. The van der Waals surface area contributed by atoms with Crippen molar-refractivity contribution in [1.29, 1.82) is 0 Å². The highest BCUT2D eigenvalue weighted by Gasteiger charge is 2.21. The van der Waals surface area contributed by atoms with E-state index in [0.29, 0.717) is 28.4 Å². The fourth-order valence-corrected chi connectivity index (χ4v) is 2.86. The molecule has 2 aromatic carbocycles. The smallest absolute Gasteiger partial charge is 0.323 e. The molecule has 0 fully saturated rings. The van der Waals surface area contributed by atoms with E-state index in [0.717, 1.165) is 0 Å². The van der Waals surface area contributed by atoms with Crippen molar-refractivity contribution in [3.05, 3.63) is 48.4 Å². The molecule has 0 saturated carbocycles. The summed E-state index contributed by atoms with van der Waals surface area (Å²) in [5.74, 6) is 0.619. The Hall–Kier alpha value is -2.91. The van der Waals surface area contributed by atoms with E-state index in [1.54, 1.807) is 18.2 Å². The van der Waals surface area contributed by atoms with Crippen molar-refractivity contribution in [2.75, 3.05) is 10.6 Å². The molecule has 0 atom stereocenters. The molecule has 0 aliphatic carbocycles. The molecule has 0 aliphatic rings. The molecule has 9 heteroatoms. The zero-order valence-corrected chi connectivity index (χ0v) is 15.9. The number of carbonyl (C=O) groups is 1. The van der Waals surface area contributed by atoms with Gasteiger partial charge < -0.3 is 15.1 Å². The summed E-state index contributed by atoms with van der Waals surface area (Å²) >= 11 is 0. The van der Waals surface area contributed by atoms with E-state index in [-0.39, 0.29) is 10.3 Å². The van der Waals surface area contributed by atoms with Crippen molar-refractivity contribution in [3.8, 4) is 0 Å². The highest BCUT2D eigenvalue weighted by Crippen LogP contribution is 2.27. The van der Waals surface area contributed by atoms with Crippen molar-refractivity contribution in [3.63, 3.8) is 0 Å². The number of carbonyl (C=O) groups excluding carboxylic acids is 1. The molecule has 8 nitrogen and oxygen atoms in total. The number of hydrogen-bond acceptors (Lipinski definition) is 5. The van der Waals surface area contributed by atoms with Crippen LogP contribution in [-0.4, -0.2) is 19.4 Å². The Kier molecular flexibility index (Phi) is 4.66. The first-order valence-electron chi connectivity index (χ1n) is 8.14. The normalized spacial score (nSPS) is 12.1. The maximum absolute atomic E-state index is 12.2. The Morgan fingerprint density at radius 2 is 1.63 bits per heavy atom. The monoisotopic (exact) mass is 388 g/mol. The molecule has 0 radical (unpaired) electrons. The number of aromatic nitrogens is 1. The van der Waals surface area contributed by atoms with Crippen LogP contribution in [0.2, 0.25) is 0 Å². The summed E-state index contributed by atoms with van der Waals surface area (Å²) in [7, 11) is -3.77. The minimum Gasteiger partial charge on any atom is -0.440 e. The number of oxazole rings is 1. The molecule has 2 amide bonds. The minimum atomic E-state index is -3.77. The second-order valence-corrected chi connectivity index (χ2v) is 8.66. The first-order valence-corrected chi connectivity index (χ1v) is 9.69. The molecule has 27 heavy (non-hydrogen) atoms. The van der Waals surface area contributed by atoms with Crippen molar-refractivity contribution in [2.45, 2.75) is 31.1 Å². The van der Waals surface area contributed by atoms with Crippen LogP contribution in [0.15, 0.2) is 51.8 Å². The van der Waals surface area contributed by atoms with Crippen LogP contribution in [0, 0.1) is 0 Å². The van der Waals surface area contributed by atoms with Crippen LogP contribution in [0.1, 0.15) is 26.7 Å². The fraction of sp³-hybridized carbons (Fsp3) is 0.222. The van der Waals surface area contributed by atoms with Crippen LogP contribution >= 0.6 is 0 Å². The summed E-state index contributed by atoms with van der Waals surface area (Å²) < 4.78 is 28.2. The topological polar surface area (TPSA) is 127 Å². The molecule has 142 valence electrons. The second-order valence-electron chi connectivity index (χ2n) is 7.10. The molecule has 0 aliphatic heterocycles. The third kappa shape index (κ3) is 4.44. The van der Waals surface area contributed by atoms with Crippen LogP contribution in [-0.2, 0) is 15.4 Å². The van der Waals surface area contributed by atoms with E-state index in [4.69, 9.17) is 9.56 Å². The van der Waals surface area contributed by atoms with Crippen molar-refractivity contribution >= 4 is 38.5 Å². The van der Waals surface area contributed by atoms with Crippen LogP contribution in [0.25, 0.3) is 11.1 Å². The highest BCUT2D eigenvalue weighted by molar-refractivity contribution is 7.89. The maximum atomic E-state index is 12.2. The van der Waals surface area contributed by atoms with Gasteiger partial charge in [-0.25, -0.2) is 23.3 Å². The van der Waals surface area contributed by atoms with E-state index in [2.05, 4.69) is 15.6 Å². The summed E-state index contributed by atoms with van der Waals surface area (Å²) in [6, 6.07) is 10.2. The predicted molar refractivity (Wildman–Crippen MR) is 103 cm³/mol. The number of fused-ring (bicyclic) bond motifs is 1. The zero-order chi connectivity index (χ0) is 19.8. The van der Waals surface area contributed by atoms with Gasteiger partial charge in [0.1, 0.15) is 5.52 Å². The Labute approximate surface area is 156 Å². The van der Waals surface area contributed by atoms with Crippen molar-refractivity contribution in [1.82, 2.24) is 4.98 Å². The average molecular weight is 388 g/mol. The summed E-state index contributed by atoms with van der Waals surface area (Å²) in [5, 5.41) is 10.4. The minimum absolute atomic E-state index is 0.0282. The lowest BCUT2D eigenvalue weighted by Gasteiger charge is -2.11. The van der Waals surface area contributed by atoms with Crippen LogP contribution < -0.4 is 15.8 Å². The van der Waals surface area contributed by atoms with E-state index in [1.807, 2.05) is 20.8 Å². The van der Waals surface area contributed by atoms with Gasteiger partial charge in [0.25, 0.3) is 0 Å². The van der Waals surface area contributed by atoms with E-state index < -0.39 is 16.1 Å². The molecule has 4 N–H and O–H groups in total. The molecular formula is C18H20N4O4S. The van der Waals surface area contributed by atoms with Gasteiger partial charge in [0.05, 0.1) is 4.90 Å². The largest absolute Gasteiger partial charge is 0.440 e. The van der Waals surface area contributed by atoms with Crippen molar-refractivity contribution in [2.24, 2.45) is 5.14 Å². The number of hydrogen-bond donors (Lipinski definition) is 3. The van der Waals surface area contributed by atoms with E-state index in [1.165, 1.54) is 24.3 Å². The number of benzene rings is 2. The van der Waals surface area contributed by atoms with Gasteiger partial charge in [0.2, 0.25) is 15.9 Å². The van der Waals surface area contributed by atoms with Crippen LogP contribution in [0.3, 0.4) is 0 Å². The maximum Gasteiger partial charge on any atom is 0.323 e. The SMILES string of the molecule is CC(C)(C)c1nc2cc(NC(=O)Nc3ccc(S(N)(=O)=O)cc3)ccc2o1. The zero-order valence-electron chi connectivity index (χ0n) is 15.1. The average Bonchev–Trinajstić information content (AvgIpc) is 2.98. The van der Waals surface area contributed by atoms with Gasteiger partial charge in [-0.2, -0.15) is 0 Å². The lowest BCUT2D eigenvalue weighted by atomic mass is 9.97. The third-order valence-corrected chi connectivity index (χ3v) is 4.66. The van der Waals surface area contributed by atoms with Crippen LogP contribution in [0.5, 0.6) is 0 Å². The lowest BCUT2D eigenvalue weighted by molar-refractivity contribution is 0.262. The first-order chi connectivity index (χ1) is 12.5. The van der Waals surface area contributed by atoms with Gasteiger partial charge >= 0.3 is 6.03 Å². The number of nitrogens with one attached hydrogen (secondary N) is 2. The number of sulfonamides is 1. The predicted octanol–water partition coefficient (Wildman–Crippen LogP) is 3.42. The van der Waals surface area contributed by atoms with Gasteiger partial charge in [-0.1, -0.05) is 20.8 Å². The van der Waals surface area contributed by atoms with E-state index in [9.17, 15) is 13.2 Å². The Bertz CT molecular complexity index is 1100. The molecule has 0 bridgehead atoms. The Balaban J connectivity index is 1.72. The number of amides is 2. The fourth-order valence-electron chi connectivity index (χ4n) is 2.35. The molecular weight excluding hydrogens is 368 g/mol. The highest BCUT2D eigenvalue weighted by atomic mass is 32.2. The second kappa shape index (κ2) is 6.67. The molecule has 0 unspecified atom stereocenters. The van der Waals surface area contributed by atoms with Crippen molar-refractivity contribution < 1.29 is 17.6 Å². The van der Waals surface area contributed by atoms with Gasteiger partial charge in [-0.05, 0) is 42.5 Å². The molecule has 0 saturated heterocycles. The molecule has 0 spiro atoms. The van der Waals surface area contributed by atoms with Gasteiger partial charge in [-0.15, -0.1) is 0 Å². The number of nitrogens with zero attached hydrogens (tertiary/aromatic N) is 1. The summed E-state index contributed by atoms with van der Waals surface area (Å²) in [5.41, 5.74) is 2.06. The Morgan fingerprint density at radius 3 is 2.22 bits per heavy atom. The lowest BCUT2D eigenvalue weighted by Crippen LogP contribution is -2.19. The number of urea groups is 1. The molecule has 1 aromatic heterocycles. The first kappa shape index (κ1) is 18.9. The van der Waals surface area contributed by atoms with Gasteiger partial charge in [0, 0.05) is 16.8 Å². The summed E-state index contributed by atoms with van der Waals surface area (Å²) in [4.78, 5) is 16.6. The quantitative estimate of drug-likeness (QED) is 0.633. The Morgan fingerprint density at radius 1 is 1.04 bits per heavy atom. The summed E-state index contributed by atoms with van der Waals surface area (Å²) in [6.07, 6.45) is 0. The number of nitrogens with two attached hydrogens (primary N) is 1. The van der Waals surface area contributed by atoms with Gasteiger partial charge in [0.15, 0.2) is 5.58 Å². The molecule has 1 heterocycles. The number of anilines is 2. The number of primary sulfonamides is 1. The summed E-state index contributed by atoms with van der Waals surface area (Å²) in [6.45, 7) is 6.02.